The summed E-state index contributed by atoms with van der Waals surface area (Å²) in [4.78, 5) is 18.5. The largest absolute Gasteiger partial charge is 0.472 e. The average Bonchev–Trinajstić information content (AvgIpc) is 1.89. The maximum atomic E-state index is 9.35. The van der Waals surface area contributed by atoms with Crippen LogP contribution >= 0.6 is 0 Å². The SMILES string of the molecule is C#CC(=O)O.C#CC(N)=O. The molecule has 0 spiro atoms. The van der Waals surface area contributed by atoms with Crippen molar-refractivity contribution in [3.63, 3.8) is 0 Å². The normalized spacial score (nSPS) is 5.40. The van der Waals surface area contributed by atoms with Gasteiger partial charge in [0.25, 0.3) is 5.91 Å². The molecule has 0 heterocycles. The number of hydrogen-bond donors (Lipinski definition) is 2. The number of carbonyl (C=O) groups is 2. The number of carboxylic acid groups (broad SMARTS) is 1. The van der Waals surface area contributed by atoms with Crippen molar-refractivity contribution in [2.75, 3.05) is 0 Å². The summed E-state index contributed by atoms with van der Waals surface area (Å²) in [6.07, 6.45) is 8.77. The van der Waals surface area contributed by atoms with Crippen LogP contribution in [0.25, 0.3) is 0 Å². The molecular weight excluding hydrogens is 134 g/mol. The van der Waals surface area contributed by atoms with Crippen LogP contribution in [0.4, 0.5) is 0 Å². The van der Waals surface area contributed by atoms with E-state index in [9.17, 15) is 4.79 Å². The molecule has 3 N–H and O–H groups in total. The molecular formula is C6H5NO3. The van der Waals surface area contributed by atoms with Crippen molar-refractivity contribution >= 4 is 11.9 Å². The highest BCUT2D eigenvalue weighted by Crippen LogP contribution is 1.44. The second-order valence-electron chi connectivity index (χ2n) is 0.958. The zero-order valence-corrected chi connectivity index (χ0v) is 5.00. The van der Waals surface area contributed by atoms with Crippen LogP contribution in [-0.2, 0) is 9.59 Å². The minimum absolute atomic E-state index is 0.718. The van der Waals surface area contributed by atoms with Gasteiger partial charge in [-0.3, -0.25) is 4.79 Å². The number of aliphatic carboxylic acids is 1. The number of primary amides is 1. The van der Waals surface area contributed by atoms with E-state index in [1.54, 1.807) is 5.92 Å². The van der Waals surface area contributed by atoms with Crippen LogP contribution in [0.15, 0.2) is 0 Å². The van der Waals surface area contributed by atoms with Crippen LogP contribution < -0.4 is 5.73 Å². The summed E-state index contributed by atoms with van der Waals surface area (Å²) in [5.74, 6) is 1.18. The number of carboxylic acids is 1. The summed E-state index contributed by atoms with van der Waals surface area (Å²) >= 11 is 0. The van der Waals surface area contributed by atoms with Crippen molar-refractivity contribution in [1.29, 1.82) is 0 Å². The lowest BCUT2D eigenvalue weighted by Crippen LogP contribution is -2.05. The molecule has 4 heteroatoms. The summed E-state index contributed by atoms with van der Waals surface area (Å²) < 4.78 is 0. The zero-order valence-electron chi connectivity index (χ0n) is 5.00. The van der Waals surface area contributed by atoms with Crippen molar-refractivity contribution in [2.45, 2.75) is 0 Å². The fourth-order valence-corrected chi connectivity index (χ4v) is 0. The molecule has 0 atom stereocenters. The molecule has 0 aliphatic rings. The Morgan fingerprint density at radius 1 is 1.30 bits per heavy atom. The van der Waals surface area contributed by atoms with Gasteiger partial charge in [-0.25, -0.2) is 4.79 Å². The van der Waals surface area contributed by atoms with E-state index in [1.807, 2.05) is 0 Å². The second-order valence-corrected chi connectivity index (χ2v) is 0.958. The van der Waals surface area contributed by atoms with Gasteiger partial charge in [-0.2, -0.15) is 0 Å². The first-order valence-electron chi connectivity index (χ1n) is 2.00. The van der Waals surface area contributed by atoms with Gasteiger partial charge in [0.05, 0.1) is 0 Å². The molecule has 0 radical (unpaired) electrons. The van der Waals surface area contributed by atoms with Gasteiger partial charge in [0, 0.05) is 5.92 Å². The molecule has 0 saturated carbocycles. The maximum Gasteiger partial charge on any atom is 0.381 e. The van der Waals surface area contributed by atoms with E-state index in [1.165, 1.54) is 5.92 Å². The average molecular weight is 139 g/mol. The van der Waals surface area contributed by atoms with Crippen molar-refractivity contribution in [1.82, 2.24) is 0 Å². The lowest BCUT2D eigenvalue weighted by Gasteiger charge is -1.61. The van der Waals surface area contributed by atoms with Crippen molar-refractivity contribution in [3.8, 4) is 24.7 Å². The topological polar surface area (TPSA) is 80.4 Å². The molecule has 0 bridgehead atoms. The van der Waals surface area contributed by atoms with Gasteiger partial charge in [-0.15, -0.1) is 12.8 Å². The fraction of sp³-hybridized carbons (Fsp3) is 0. The lowest BCUT2D eigenvalue weighted by atomic mass is 10.7. The van der Waals surface area contributed by atoms with E-state index >= 15 is 0 Å². The van der Waals surface area contributed by atoms with Crippen LogP contribution in [0.2, 0.25) is 0 Å². The summed E-state index contributed by atoms with van der Waals surface area (Å²) in [5, 5.41) is 7.49. The van der Waals surface area contributed by atoms with Gasteiger partial charge in [-0.05, 0) is 5.92 Å². The molecule has 4 nitrogen and oxygen atoms in total. The molecule has 10 heavy (non-hydrogen) atoms. The molecule has 0 aromatic rings. The molecule has 0 saturated heterocycles. The van der Waals surface area contributed by atoms with E-state index in [0.717, 1.165) is 0 Å². The minimum atomic E-state index is -1.22. The Bertz CT molecular complexity index is 182. The molecule has 0 aromatic carbocycles. The van der Waals surface area contributed by atoms with E-state index in [2.05, 4.69) is 18.6 Å². The molecule has 0 aromatic heterocycles. The van der Waals surface area contributed by atoms with Crippen LogP contribution in [0.3, 0.4) is 0 Å². The number of hydrogen-bond acceptors (Lipinski definition) is 2. The fourth-order valence-electron chi connectivity index (χ4n) is 0. The van der Waals surface area contributed by atoms with Gasteiger partial charge in [0.1, 0.15) is 0 Å². The highest BCUT2D eigenvalue weighted by atomic mass is 16.4. The Hall–Kier alpha value is -1.94. The zero-order chi connectivity index (χ0) is 8.57. The first kappa shape index (κ1) is 10.9. The number of nitrogens with two attached hydrogens (primary N) is 1. The summed E-state index contributed by atoms with van der Waals surface area (Å²) in [7, 11) is 0. The van der Waals surface area contributed by atoms with E-state index in [0.29, 0.717) is 0 Å². The molecule has 1 amide bonds. The predicted octanol–water partition coefficient (Wildman–Crippen LogP) is -1.19. The quantitative estimate of drug-likeness (QED) is 0.414. The number of rotatable bonds is 0. The van der Waals surface area contributed by atoms with Gasteiger partial charge in [0.15, 0.2) is 0 Å². The van der Waals surface area contributed by atoms with Gasteiger partial charge >= 0.3 is 5.97 Å². The smallest absolute Gasteiger partial charge is 0.381 e. The molecule has 0 aliphatic heterocycles. The Balaban J connectivity index is 0. The van der Waals surface area contributed by atoms with Crippen molar-refractivity contribution in [3.05, 3.63) is 0 Å². The standard InChI is InChI=1S/C3H3NO.C3H2O2/c2*1-2-3(4)5/h1H,(H2,4,5);1H,(H,4,5). The maximum absolute atomic E-state index is 9.35. The number of amides is 1. The Labute approximate surface area is 58.0 Å². The summed E-state index contributed by atoms with van der Waals surface area (Å²) in [5.41, 5.74) is 4.42. The van der Waals surface area contributed by atoms with Crippen molar-refractivity contribution < 1.29 is 14.7 Å². The highest BCUT2D eigenvalue weighted by Gasteiger charge is 1.74. The van der Waals surface area contributed by atoms with E-state index < -0.39 is 11.9 Å². The first-order valence-corrected chi connectivity index (χ1v) is 2.00. The van der Waals surface area contributed by atoms with E-state index in [-0.39, 0.29) is 0 Å². The second kappa shape index (κ2) is 7.06. The Kier molecular flexibility index (Phi) is 7.72. The summed E-state index contributed by atoms with van der Waals surface area (Å²) in [6.45, 7) is 0. The number of terminal acetylenes is 2. The predicted molar refractivity (Wildman–Crippen MR) is 34.5 cm³/mol. The van der Waals surface area contributed by atoms with Crippen LogP contribution in [-0.4, -0.2) is 17.0 Å². The molecule has 0 unspecified atom stereocenters. The molecule has 0 fully saturated rings. The minimum Gasteiger partial charge on any atom is -0.472 e. The van der Waals surface area contributed by atoms with Gasteiger partial charge in [-0.1, -0.05) is 0 Å². The molecule has 0 rings (SSSR count). The third-order valence-corrected chi connectivity index (χ3v) is 0.266. The van der Waals surface area contributed by atoms with E-state index in [4.69, 9.17) is 9.90 Å². The Morgan fingerprint density at radius 2 is 1.50 bits per heavy atom. The third kappa shape index (κ3) is 36.6. The van der Waals surface area contributed by atoms with Crippen molar-refractivity contribution in [2.24, 2.45) is 5.73 Å². The van der Waals surface area contributed by atoms with Crippen LogP contribution in [0.1, 0.15) is 0 Å². The molecule has 0 aliphatic carbocycles. The van der Waals surface area contributed by atoms with Gasteiger partial charge < -0.3 is 10.8 Å². The monoisotopic (exact) mass is 139 g/mol. The van der Waals surface area contributed by atoms with Gasteiger partial charge in [0.2, 0.25) is 0 Å². The highest BCUT2D eigenvalue weighted by molar-refractivity contribution is 5.91. The lowest BCUT2D eigenvalue weighted by molar-refractivity contribution is -0.130. The number of carbonyl (C=O) groups excluding carboxylic acids is 1. The summed E-state index contributed by atoms with van der Waals surface area (Å²) in [6, 6.07) is 0. The van der Waals surface area contributed by atoms with Crippen LogP contribution in [0.5, 0.6) is 0 Å². The first-order chi connectivity index (χ1) is 4.54. The Morgan fingerprint density at radius 3 is 1.50 bits per heavy atom. The van der Waals surface area contributed by atoms with Crippen LogP contribution in [0, 0.1) is 24.7 Å². The molecule has 52 valence electrons. The third-order valence-electron chi connectivity index (χ3n) is 0.266.